The zero-order valence-electron chi connectivity index (χ0n) is 5.20. The second-order valence-corrected chi connectivity index (χ2v) is 4.34. The molecule has 0 aliphatic heterocycles. The lowest BCUT2D eigenvalue weighted by molar-refractivity contribution is 0.612. The molecule has 10 heavy (non-hydrogen) atoms. The third kappa shape index (κ3) is 7.52. The van der Waals surface area contributed by atoms with Crippen molar-refractivity contribution in [3.05, 3.63) is 24.4 Å². The molecule has 0 rings (SSSR count). The standard InChI is InChI=1S/C5H8ClNO2S/c6-10(8,9)5-3-1-2-4-7/h1-4H,5,7H2/b3-1-,4-2-. The van der Waals surface area contributed by atoms with Gasteiger partial charge in [0, 0.05) is 10.7 Å². The average molecular weight is 182 g/mol. The van der Waals surface area contributed by atoms with Crippen molar-refractivity contribution in [3.63, 3.8) is 0 Å². The number of hydrogen-bond donors (Lipinski definition) is 1. The molecule has 0 saturated heterocycles. The van der Waals surface area contributed by atoms with E-state index in [1.54, 1.807) is 0 Å². The van der Waals surface area contributed by atoms with Gasteiger partial charge >= 0.3 is 0 Å². The Morgan fingerprint density at radius 1 is 1.40 bits per heavy atom. The van der Waals surface area contributed by atoms with Crippen LogP contribution in [-0.4, -0.2) is 14.2 Å². The SMILES string of the molecule is N/C=C\C=C/CS(=O)(=O)Cl. The Balaban J connectivity index is 3.76. The number of halogens is 1. The second-order valence-electron chi connectivity index (χ2n) is 1.52. The van der Waals surface area contributed by atoms with Crippen molar-refractivity contribution in [2.75, 3.05) is 5.75 Å². The topological polar surface area (TPSA) is 60.2 Å². The van der Waals surface area contributed by atoms with Crippen LogP contribution >= 0.6 is 10.7 Å². The Bertz CT molecular complexity index is 230. The van der Waals surface area contributed by atoms with Crippen LogP contribution in [0.2, 0.25) is 0 Å². The smallest absolute Gasteiger partial charge is 0.236 e. The summed E-state index contributed by atoms with van der Waals surface area (Å²) in [5, 5.41) is 0. The molecule has 0 amide bonds. The zero-order chi connectivity index (χ0) is 8.04. The molecule has 0 unspecified atom stereocenters. The molecule has 0 aromatic rings. The highest BCUT2D eigenvalue weighted by atomic mass is 35.7. The highest BCUT2D eigenvalue weighted by Gasteiger charge is 1.98. The predicted octanol–water partition coefficient (Wildman–Crippen LogP) is 0.584. The van der Waals surface area contributed by atoms with E-state index in [4.69, 9.17) is 16.4 Å². The van der Waals surface area contributed by atoms with E-state index in [-0.39, 0.29) is 5.75 Å². The van der Waals surface area contributed by atoms with Crippen LogP contribution in [-0.2, 0) is 9.05 Å². The van der Waals surface area contributed by atoms with Gasteiger partial charge in [-0.1, -0.05) is 12.2 Å². The van der Waals surface area contributed by atoms with Crippen molar-refractivity contribution < 1.29 is 8.42 Å². The summed E-state index contributed by atoms with van der Waals surface area (Å²) >= 11 is 0. The third-order valence-corrected chi connectivity index (χ3v) is 1.62. The molecule has 3 nitrogen and oxygen atoms in total. The van der Waals surface area contributed by atoms with Gasteiger partial charge in [-0.25, -0.2) is 8.42 Å². The molecule has 5 heteroatoms. The normalized spacial score (nSPS) is 13.3. The molecule has 0 aromatic heterocycles. The molecule has 58 valence electrons. The molecule has 0 radical (unpaired) electrons. The number of hydrogen-bond acceptors (Lipinski definition) is 3. The van der Waals surface area contributed by atoms with Crippen LogP contribution in [0.4, 0.5) is 0 Å². The van der Waals surface area contributed by atoms with Crippen molar-refractivity contribution in [3.8, 4) is 0 Å². The summed E-state index contributed by atoms with van der Waals surface area (Å²) in [6, 6.07) is 0. The quantitative estimate of drug-likeness (QED) is 0.512. The zero-order valence-corrected chi connectivity index (χ0v) is 6.77. The molecular weight excluding hydrogens is 174 g/mol. The summed E-state index contributed by atoms with van der Waals surface area (Å²) in [5.41, 5.74) is 4.96. The summed E-state index contributed by atoms with van der Waals surface area (Å²) in [7, 11) is 1.48. The van der Waals surface area contributed by atoms with Gasteiger partial charge in [0.15, 0.2) is 0 Å². The van der Waals surface area contributed by atoms with Gasteiger partial charge < -0.3 is 5.73 Å². The van der Waals surface area contributed by atoms with Gasteiger partial charge in [0.1, 0.15) is 0 Å². The fourth-order valence-electron chi connectivity index (χ4n) is 0.313. The van der Waals surface area contributed by atoms with Gasteiger partial charge in [-0.05, 0) is 12.3 Å². The lowest BCUT2D eigenvalue weighted by Crippen LogP contribution is -1.91. The molecule has 0 aliphatic carbocycles. The molecule has 2 N–H and O–H groups in total. The largest absolute Gasteiger partial charge is 0.405 e. The first-order valence-corrected chi connectivity index (χ1v) is 5.00. The van der Waals surface area contributed by atoms with Gasteiger partial charge in [-0.15, -0.1) is 0 Å². The first kappa shape index (κ1) is 9.52. The van der Waals surface area contributed by atoms with Crippen molar-refractivity contribution in [2.24, 2.45) is 5.73 Å². The third-order valence-electron chi connectivity index (χ3n) is 0.654. The molecular formula is C5H8ClNO2S. The molecule has 0 saturated carbocycles. The first-order chi connectivity index (χ1) is 4.56. The van der Waals surface area contributed by atoms with Crippen LogP contribution in [0.25, 0.3) is 0 Å². The van der Waals surface area contributed by atoms with E-state index >= 15 is 0 Å². The molecule has 0 fully saturated rings. The van der Waals surface area contributed by atoms with Gasteiger partial charge in [-0.2, -0.15) is 0 Å². The van der Waals surface area contributed by atoms with Gasteiger partial charge in [0.25, 0.3) is 0 Å². The maximum absolute atomic E-state index is 10.3. The summed E-state index contributed by atoms with van der Waals surface area (Å²) in [4.78, 5) is 0. The Morgan fingerprint density at radius 2 is 2.00 bits per heavy atom. The minimum atomic E-state index is -3.39. The fourth-order valence-corrected chi connectivity index (χ4v) is 0.872. The van der Waals surface area contributed by atoms with Crippen LogP contribution in [0.3, 0.4) is 0 Å². The monoisotopic (exact) mass is 181 g/mol. The van der Waals surface area contributed by atoms with E-state index < -0.39 is 9.05 Å². The molecule has 0 atom stereocenters. The highest BCUT2D eigenvalue weighted by Crippen LogP contribution is 1.95. The van der Waals surface area contributed by atoms with Crippen LogP contribution in [0.1, 0.15) is 0 Å². The molecule has 0 bridgehead atoms. The Hall–Kier alpha value is -0.480. The van der Waals surface area contributed by atoms with Crippen molar-refractivity contribution in [2.45, 2.75) is 0 Å². The predicted molar refractivity (Wildman–Crippen MR) is 42.1 cm³/mol. The summed E-state index contributed by atoms with van der Waals surface area (Å²) < 4.78 is 20.5. The van der Waals surface area contributed by atoms with E-state index in [9.17, 15) is 8.42 Å². The van der Waals surface area contributed by atoms with E-state index in [1.807, 2.05) is 0 Å². The number of rotatable bonds is 3. The van der Waals surface area contributed by atoms with Crippen LogP contribution < -0.4 is 5.73 Å². The average Bonchev–Trinajstić information content (AvgIpc) is 1.78. The first-order valence-electron chi connectivity index (χ1n) is 2.52. The van der Waals surface area contributed by atoms with Crippen LogP contribution in [0.15, 0.2) is 24.4 Å². The summed E-state index contributed by atoms with van der Waals surface area (Å²) in [5.74, 6) is -0.168. The summed E-state index contributed by atoms with van der Waals surface area (Å²) in [6.07, 6.45) is 5.74. The van der Waals surface area contributed by atoms with Crippen molar-refractivity contribution in [1.82, 2.24) is 0 Å². The fraction of sp³-hybridized carbons (Fsp3) is 0.200. The van der Waals surface area contributed by atoms with Crippen molar-refractivity contribution >= 4 is 19.7 Å². The Morgan fingerprint density at radius 3 is 2.40 bits per heavy atom. The Labute approximate surface area is 64.6 Å². The minimum absolute atomic E-state index is 0.168. The highest BCUT2D eigenvalue weighted by molar-refractivity contribution is 8.13. The van der Waals surface area contributed by atoms with E-state index in [0.29, 0.717) is 0 Å². The Kier molecular flexibility index (Phi) is 4.14. The van der Waals surface area contributed by atoms with Crippen LogP contribution in [0, 0.1) is 0 Å². The maximum Gasteiger partial charge on any atom is 0.236 e. The van der Waals surface area contributed by atoms with Gasteiger partial charge in [-0.3, -0.25) is 0 Å². The van der Waals surface area contributed by atoms with E-state index in [1.165, 1.54) is 24.4 Å². The lowest BCUT2D eigenvalue weighted by Gasteiger charge is -1.82. The van der Waals surface area contributed by atoms with Gasteiger partial charge in [0.05, 0.1) is 5.75 Å². The minimum Gasteiger partial charge on any atom is -0.405 e. The van der Waals surface area contributed by atoms with Crippen molar-refractivity contribution in [1.29, 1.82) is 0 Å². The summed E-state index contributed by atoms with van der Waals surface area (Å²) in [6.45, 7) is 0. The van der Waals surface area contributed by atoms with Crippen LogP contribution in [0.5, 0.6) is 0 Å². The van der Waals surface area contributed by atoms with E-state index in [0.717, 1.165) is 0 Å². The molecule has 0 aliphatic rings. The maximum atomic E-state index is 10.3. The van der Waals surface area contributed by atoms with Gasteiger partial charge in [0.2, 0.25) is 9.05 Å². The molecule has 0 spiro atoms. The number of allylic oxidation sites excluding steroid dienone is 2. The number of nitrogens with two attached hydrogens (primary N) is 1. The molecule has 0 aromatic carbocycles. The lowest BCUT2D eigenvalue weighted by atomic mass is 10.5. The second kappa shape index (κ2) is 4.35. The molecule has 0 heterocycles. The van der Waals surface area contributed by atoms with E-state index in [2.05, 4.69) is 0 Å².